The highest BCUT2D eigenvalue weighted by molar-refractivity contribution is 6.02. The Morgan fingerprint density at radius 2 is 1.88 bits per heavy atom. The Balaban J connectivity index is 1.71. The van der Waals surface area contributed by atoms with E-state index >= 15 is 0 Å². The normalized spacial score (nSPS) is 11.3. The van der Waals surface area contributed by atoms with Gasteiger partial charge in [0.25, 0.3) is 5.91 Å². The van der Waals surface area contributed by atoms with Crippen LogP contribution in [0.25, 0.3) is 0 Å². The number of hydrazone groups is 1. The van der Waals surface area contributed by atoms with E-state index in [0.717, 1.165) is 23.3 Å². The smallest absolute Gasteiger partial charge is 0.268 e. The Labute approximate surface area is 147 Å². The first-order valence-electron chi connectivity index (χ1n) is 8.25. The van der Waals surface area contributed by atoms with Crippen LogP contribution >= 0.6 is 0 Å². The molecule has 0 aliphatic rings. The van der Waals surface area contributed by atoms with Gasteiger partial charge in [-0.3, -0.25) is 9.48 Å². The molecule has 2 aromatic carbocycles. The van der Waals surface area contributed by atoms with Crippen LogP contribution in [-0.4, -0.2) is 21.4 Å². The van der Waals surface area contributed by atoms with E-state index in [1.165, 1.54) is 0 Å². The zero-order chi connectivity index (χ0) is 17.5. The summed E-state index contributed by atoms with van der Waals surface area (Å²) >= 11 is 0. The van der Waals surface area contributed by atoms with Crippen LogP contribution < -0.4 is 5.43 Å². The molecule has 0 saturated heterocycles. The predicted molar refractivity (Wildman–Crippen MR) is 98.5 cm³/mol. The van der Waals surface area contributed by atoms with Gasteiger partial charge in [-0.1, -0.05) is 49.4 Å². The van der Waals surface area contributed by atoms with Crippen molar-refractivity contribution in [2.24, 2.45) is 5.10 Å². The molecule has 1 amide bonds. The molecule has 126 valence electrons. The summed E-state index contributed by atoms with van der Waals surface area (Å²) in [7, 11) is 0. The molecule has 5 heteroatoms. The van der Waals surface area contributed by atoms with Crippen LogP contribution in [0.15, 0.2) is 78.2 Å². The highest BCUT2D eigenvalue weighted by Crippen LogP contribution is 2.08. The van der Waals surface area contributed by atoms with Gasteiger partial charge in [0.1, 0.15) is 0 Å². The minimum Gasteiger partial charge on any atom is -0.268 e. The van der Waals surface area contributed by atoms with Crippen molar-refractivity contribution in [1.29, 1.82) is 0 Å². The van der Waals surface area contributed by atoms with E-state index in [-0.39, 0.29) is 5.91 Å². The SMILES string of the molecule is CC/C(=N\NC(=O)c1cccc(Cn2cccn2)c1)c1ccccc1. The highest BCUT2D eigenvalue weighted by Gasteiger charge is 2.07. The molecular formula is C20H20N4O. The van der Waals surface area contributed by atoms with E-state index in [4.69, 9.17) is 0 Å². The van der Waals surface area contributed by atoms with Crippen LogP contribution in [0.5, 0.6) is 0 Å². The maximum Gasteiger partial charge on any atom is 0.271 e. The molecule has 0 atom stereocenters. The van der Waals surface area contributed by atoms with Crippen molar-refractivity contribution in [3.8, 4) is 0 Å². The number of rotatable bonds is 6. The molecular weight excluding hydrogens is 312 g/mol. The summed E-state index contributed by atoms with van der Waals surface area (Å²) in [5, 5.41) is 8.48. The van der Waals surface area contributed by atoms with Crippen LogP contribution in [0, 0.1) is 0 Å². The van der Waals surface area contributed by atoms with E-state index < -0.39 is 0 Å². The van der Waals surface area contributed by atoms with Crippen molar-refractivity contribution >= 4 is 11.6 Å². The van der Waals surface area contributed by atoms with Gasteiger partial charge in [-0.2, -0.15) is 10.2 Å². The lowest BCUT2D eigenvalue weighted by molar-refractivity contribution is 0.0954. The Morgan fingerprint density at radius 3 is 2.60 bits per heavy atom. The summed E-state index contributed by atoms with van der Waals surface area (Å²) < 4.78 is 1.82. The monoisotopic (exact) mass is 332 g/mol. The van der Waals surface area contributed by atoms with Crippen LogP contribution in [0.1, 0.15) is 34.8 Å². The molecule has 3 aromatic rings. The van der Waals surface area contributed by atoms with Crippen molar-refractivity contribution < 1.29 is 4.79 Å². The Bertz CT molecular complexity index is 854. The first kappa shape index (κ1) is 16.6. The fourth-order valence-corrected chi connectivity index (χ4v) is 2.55. The summed E-state index contributed by atoms with van der Waals surface area (Å²) in [4.78, 5) is 12.4. The fourth-order valence-electron chi connectivity index (χ4n) is 2.55. The number of hydrogen-bond donors (Lipinski definition) is 1. The number of amides is 1. The third-order valence-electron chi connectivity index (χ3n) is 3.83. The Kier molecular flexibility index (Phi) is 5.36. The third-order valence-corrected chi connectivity index (χ3v) is 3.83. The van der Waals surface area contributed by atoms with Gasteiger partial charge in [-0.25, -0.2) is 5.43 Å². The lowest BCUT2D eigenvalue weighted by Gasteiger charge is -2.07. The average molecular weight is 332 g/mol. The summed E-state index contributed by atoms with van der Waals surface area (Å²) in [5.74, 6) is -0.218. The Morgan fingerprint density at radius 1 is 1.08 bits per heavy atom. The van der Waals surface area contributed by atoms with Crippen molar-refractivity contribution in [3.63, 3.8) is 0 Å². The van der Waals surface area contributed by atoms with E-state index in [1.807, 2.05) is 72.4 Å². The predicted octanol–water partition coefficient (Wildman–Crippen LogP) is 3.48. The van der Waals surface area contributed by atoms with Gasteiger partial charge in [0.2, 0.25) is 0 Å². The molecule has 3 rings (SSSR count). The second-order valence-electron chi connectivity index (χ2n) is 5.62. The third kappa shape index (κ3) is 4.41. The lowest BCUT2D eigenvalue weighted by atomic mass is 10.1. The summed E-state index contributed by atoms with van der Waals surface area (Å²) in [6.45, 7) is 2.64. The van der Waals surface area contributed by atoms with Gasteiger partial charge in [-0.15, -0.1) is 0 Å². The van der Waals surface area contributed by atoms with Gasteiger partial charge >= 0.3 is 0 Å². The molecule has 0 aliphatic heterocycles. The molecule has 1 heterocycles. The van der Waals surface area contributed by atoms with Gasteiger partial charge in [0.15, 0.2) is 0 Å². The summed E-state index contributed by atoms with van der Waals surface area (Å²) in [5.41, 5.74) is 6.12. The lowest BCUT2D eigenvalue weighted by Crippen LogP contribution is -2.20. The first-order chi connectivity index (χ1) is 12.3. The summed E-state index contributed by atoms with van der Waals surface area (Å²) in [6.07, 6.45) is 4.37. The highest BCUT2D eigenvalue weighted by atomic mass is 16.2. The molecule has 0 unspecified atom stereocenters. The van der Waals surface area contributed by atoms with Crippen molar-refractivity contribution in [1.82, 2.24) is 15.2 Å². The standard InChI is InChI=1S/C20H20N4O/c1-2-19(17-9-4-3-5-10-17)22-23-20(25)18-11-6-8-16(14-18)15-24-13-7-12-21-24/h3-14H,2,15H2,1H3,(H,23,25)/b22-19+. The molecule has 0 bridgehead atoms. The second-order valence-corrected chi connectivity index (χ2v) is 5.62. The number of nitrogens with one attached hydrogen (secondary N) is 1. The van der Waals surface area contributed by atoms with Crippen molar-refractivity contribution in [3.05, 3.63) is 89.7 Å². The minimum absolute atomic E-state index is 0.218. The van der Waals surface area contributed by atoms with Crippen LogP contribution in [0.4, 0.5) is 0 Å². The molecule has 1 N–H and O–H groups in total. The molecule has 5 nitrogen and oxygen atoms in total. The van der Waals surface area contributed by atoms with Gasteiger partial charge < -0.3 is 0 Å². The second kappa shape index (κ2) is 8.06. The zero-order valence-electron chi connectivity index (χ0n) is 14.1. The van der Waals surface area contributed by atoms with E-state index in [9.17, 15) is 4.79 Å². The number of carbonyl (C=O) groups is 1. The largest absolute Gasteiger partial charge is 0.271 e. The zero-order valence-corrected chi connectivity index (χ0v) is 14.1. The van der Waals surface area contributed by atoms with E-state index in [0.29, 0.717) is 12.1 Å². The van der Waals surface area contributed by atoms with Gasteiger partial charge in [-0.05, 0) is 35.7 Å². The molecule has 0 radical (unpaired) electrons. The molecule has 0 fully saturated rings. The van der Waals surface area contributed by atoms with Gasteiger partial charge in [0, 0.05) is 18.0 Å². The van der Waals surface area contributed by atoms with Crippen LogP contribution in [0.2, 0.25) is 0 Å². The quantitative estimate of drug-likeness (QED) is 0.555. The first-order valence-corrected chi connectivity index (χ1v) is 8.25. The molecule has 0 spiro atoms. The van der Waals surface area contributed by atoms with E-state index in [2.05, 4.69) is 15.6 Å². The van der Waals surface area contributed by atoms with Gasteiger partial charge in [0.05, 0.1) is 12.3 Å². The number of carbonyl (C=O) groups excluding carboxylic acids is 1. The van der Waals surface area contributed by atoms with Crippen molar-refractivity contribution in [2.75, 3.05) is 0 Å². The number of hydrogen-bond acceptors (Lipinski definition) is 3. The fraction of sp³-hybridized carbons (Fsp3) is 0.150. The molecule has 25 heavy (non-hydrogen) atoms. The Hall–Kier alpha value is -3.21. The van der Waals surface area contributed by atoms with Crippen LogP contribution in [-0.2, 0) is 6.54 Å². The summed E-state index contributed by atoms with van der Waals surface area (Å²) in [6, 6.07) is 19.2. The molecule has 1 aromatic heterocycles. The number of aromatic nitrogens is 2. The van der Waals surface area contributed by atoms with Crippen molar-refractivity contribution in [2.45, 2.75) is 19.9 Å². The number of nitrogens with zero attached hydrogens (tertiary/aromatic N) is 3. The maximum atomic E-state index is 12.4. The van der Waals surface area contributed by atoms with Crippen LogP contribution in [0.3, 0.4) is 0 Å². The number of benzene rings is 2. The maximum absolute atomic E-state index is 12.4. The average Bonchev–Trinajstić information content (AvgIpc) is 3.16. The topological polar surface area (TPSA) is 59.3 Å². The molecule has 0 saturated carbocycles. The van der Waals surface area contributed by atoms with E-state index in [1.54, 1.807) is 12.3 Å². The molecule has 0 aliphatic carbocycles. The minimum atomic E-state index is -0.218.